The fraction of sp³-hybridized carbons (Fsp3) is 0.600. The van der Waals surface area contributed by atoms with Gasteiger partial charge < -0.3 is 20.6 Å². The summed E-state index contributed by atoms with van der Waals surface area (Å²) in [6.07, 6.45) is 1.27. The molecule has 0 aliphatic carbocycles. The molecule has 1 aliphatic heterocycles. The number of hydrogen-bond donors (Lipinski definition) is 3. The minimum absolute atomic E-state index is 0.00162. The monoisotopic (exact) mass is 361 g/mol. The van der Waals surface area contributed by atoms with Gasteiger partial charge in [-0.3, -0.25) is 9.59 Å². The van der Waals surface area contributed by atoms with Crippen LogP contribution in [0.25, 0.3) is 0 Å². The summed E-state index contributed by atoms with van der Waals surface area (Å²) in [7, 11) is 1.60. The Morgan fingerprint density at radius 3 is 2.73 bits per heavy atom. The minimum atomic E-state index is -1.36. The molecular weight excluding hydrogens is 330 g/mol. The van der Waals surface area contributed by atoms with Crippen molar-refractivity contribution in [2.24, 2.45) is 5.41 Å². The summed E-state index contributed by atoms with van der Waals surface area (Å²) in [5.74, 6) is -0.323. The molecule has 0 bridgehead atoms. The van der Waals surface area contributed by atoms with Gasteiger partial charge in [0.05, 0.1) is 0 Å². The lowest BCUT2D eigenvalue weighted by Gasteiger charge is -2.41. The van der Waals surface area contributed by atoms with Crippen molar-refractivity contribution in [1.82, 2.24) is 15.5 Å². The smallest absolute Gasteiger partial charge is 0.255 e. The topological polar surface area (TPSA) is 81.7 Å². The van der Waals surface area contributed by atoms with Crippen LogP contribution in [-0.4, -0.2) is 54.1 Å². The second-order valence-corrected chi connectivity index (χ2v) is 8.31. The molecule has 1 aliphatic rings. The number of nitrogens with one attached hydrogen (secondary N) is 2. The zero-order valence-electron chi connectivity index (χ0n) is 16.3. The number of benzene rings is 1. The highest BCUT2D eigenvalue weighted by Crippen LogP contribution is 2.26. The minimum Gasteiger partial charge on any atom is -0.379 e. The van der Waals surface area contributed by atoms with Crippen molar-refractivity contribution in [3.05, 3.63) is 35.4 Å². The molecule has 1 heterocycles. The van der Waals surface area contributed by atoms with E-state index < -0.39 is 5.60 Å². The lowest BCUT2D eigenvalue weighted by Crippen LogP contribution is -2.59. The molecule has 2 rings (SSSR count). The van der Waals surface area contributed by atoms with E-state index in [2.05, 4.69) is 31.4 Å². The molecule has 6 heteroatoms. The third kappa shape index (κ3) is 5.29. The van der Waals surface area contributed by atoms with Crippen LogP contribution in [0.2, 0.25) is 0 Å². The van der Waals surface area contributed by atoms with Crippen molar-refractivity contribution in [3.63, 3.8) is 0 Å². The van der Waals surface area contributed by atoms with Gasteiger partial charge in [0, 0.05) is 38.8 Å². The lowest BCUT2D eigenvalue weighted by molar-refractivity contribution is -0.158. The largest absolute Gasteiger partial charge is 0.379 e. The average Bonchev–Trinajstić information content (AvgIpc) is 2.57. The molecule has 144 valence electrons. The third-order valence-corrected chi connectivity index (χ3v) is 4.53. The Hall–Kier alpha value is -1.92. The van der Waals surface area contributed by atoms with Crippen LogP contribution in [-0.2, 0) is 11.3 Å². The van der Waals surface area contributed by atoms with E-state index in [9.17, 15) is 14.7 Å². The quantitative estimate of drug-likeness (QED) is 0.718. The van der Waals surface area contributed by atoms with Crippen molar-refractivity contribution in [2.45, 2.75) is 45.8 Å². The lowest BCUT2D eigenvalue weighted by atomic mass is 9.88. The van der Waals surface area contributed by atoms with E-state index in [1.165, 1.54) is 0 Å². The summed E-state index contributed by atoms with van der Waals surface area (Å²) < 4.78 is 0. The zero-order chi connectivity index (χ0) is 19.4. The Bertz CT molecular complexity index is 654. The maximum absolute atomic E-state index is 12.7. The van der Waals surface area contributed by atoms with E-state index in [4.69, 9.17) is 0 Å². The van der Waals surface area contributed by atoms with Crippen LogP contribution in [0.5, 0.6) is 0 Å². The number of carbonyl (C=O) groups is 2. The molecule has 1 saturated heterocycles. The Morgan fingerprint density at radius 1 is 1.35 bits per heavy atom. The van der Waals surface area contributed by atoms with Crippen molar-refractivity contribution < 1.29 is 14.7 Å². The van der Waals surface area contributed by atoms with Crippen LogP contribution in [0.1, 0.15) is 49.5 Å². The summed E-state index contributed by atoms with van der Waals surface area (Å²) >= 11 is 0. The Balaban J connectivity index is 1.95. The molecule has 1 unspecified atom stereocenters. The van der Waals surface area contributed by atoms with E-state index in [0.717, 1.165) is 12.0 Å². The molecule has 1 aromatic rings. The van der Waals surface area contributed by atoms with Crippen LogP contribution in [0.3, 0.4) is 0 Å². The van der Waals surface area contributed by atoms with Crippen molar-refractivity contribution in [3.8, 4) is 0 Å². The number of aliphatic hydroxyl groups is 1. The Morgan fingerprint density at radius 2 is 2.08 bits per heavy atom. The number of carbonyl (C=O) groups excluding carboxylic acids is 2. The van der Waals surface area contributed by atoms with E-state index in [1.807, 2.05) is 18.2 Å². The molecule has 26 heavy (non-hydrogen) atoms. The zero-order valence-corrected chi connectivity index (χ0v) is 16.3. The van der Waals surface area contributed by atoms with Gasteiger partial charge in [0.15, 0.2) is 5.60 Å². The fourth-order valence-corrected chi connectivity index (χ4v) is 3.33. The fourth-order valence-electron chi connectivity index (χ4n) is 3.33. The predicted molar refractivity (Wildman–Crippen MR) is 102 cm³/mol. The molecule has 1 fully saturated rings. The normalized spacial score (nSPS) is 21.0. The maximum Gasteiger partial charge on any atom is 0.255 e. The number of likely N-dealkylation sites (tertiary alicyclic amines) is 1. The SMILES string of the molecule is CNC(=O)c1cccc(CNCC2(O)CCCN(CC(C)(C)C)C2=O)c1. The molecule has 0 spiro atoms. The van der Waals surface area contributed by atoms with Gasteiger partial charge in [0.25, 0.3) is 11.8 Å². The Kier molecular flexibility index (Phi) is 6.42. The van der Waals surface area contributed by atoms with Gasteiger partial charge in [-0.2, -0.15) is 0 Å². The highest BCUT2D eigenvalue weighted by Gasteiger charge is 2.42. The molecule has 3 N–H and O–H groups in total. The van der Waals surface area contributed by atoms with Crippen LogP contribution in [0, 0.1) is 5.41 Å². The summed E-state index contributed by atoms with van der Waals surface area (Å²) in [6, 6.07) is 7.31. The van der Waals surface area contributed by atoms with Gasteiger partial charge in [-0.15, -0.1) is 0 Å². The first-order valence-corrected chi connectivity index (χ1v) is 9.18. The van der Waals surface area contributed by atoms with Crippen LogP contribution in [0.4, 0.5) is 0 Å². The standard InChI is InChI=1S/C20H31N3O3/c1-19(2,3)14-23-10-6-9-20(26,18(23)25)13-22-12-15-7-5-8-16(11-15)17(24)21-4/h5,7-8,11,22,26H,6,9-10,12-14H2,1-4H3,(H,21,24). The number of rotatable bonds is 6. The molecule has 0 radical (unpaired) electrons. The molecule has 0 saturated carbocycles. The first-order valence-electron chi connectivity index (χ1n) is 9.18. The van der Waals surface area contributed by atoms with Gasteiger partial charge in [-0.05, 0) is 36.0 Å². The summed E-state index contributed by atoms with van der Waals surface area (Å²) in [4.78, 5) is 26.2. The van der Waals surface area contributed by atoms with Crippen LogP contribution >= 0.6 is 0 Å². The molecule has 2 amide bonds. The number of amides is 2. The maximum atomic E-state index is 12.7. The molecule has 0 aromatic heterocycles. The van der Waals surface area contributed by atoms with Crippen molar-refractivity contribution in [1.29, 1.82) is 0 Å². The molecule has 1 atom stereocenters. The first-order chi connectivity index (χ1) is 12.1. The van der Waals surface area contributed by atoms with E-state index in [1.54, 1.807) is 18.0 Å². The van der Waals surface area contributed by atoms with Gasteiger partial charge in [-0.25, -0.2) is 0 Å². The predicted octanol–water partition coefficient (Wildman–Crippen LogP) is 1.54. The average molecular weight is 361 g/mol. The van der Waals surface area contributed by atoms with Gasteiger partial charge in [0.1, 0.15) is 0 Å². The summed E-state index contributed by atoms with van der Waals surface area (Å²) in [5, 5.41) is 16.6. The first kappa shape index (κ1) is 20.4. The molecule has 6 nitrogen and oxygen atoms in total. The highest BCUT2D eigenvalue weighted by molar-refractivity contribution is 5.94. The summed E-state index contributed by atoms with van der Waals surface area (Å²) in [5.41, 5.74) is 0.170. The van der Waals surface area contributed by atoms with Crippen molar-refractivity contribution in [2.75, 3.05) is 26.7 Å². The van der Waals surface area contributed by atoms with E-state index >= 15 is 0 Å². The second-order valence-electron chi connectivity index (χ2n) is 8.31. The van der Waals surface area contributed by atoms with Crippen molar-refractivity contribution >= 4 is 11.8 Å². The third-order valence-electron chi connectivity index (χ3n) is 4.53. The number of piperidine rings is 1. The van der Waals surface area contributed by atoms with Gasteiger partial charge in [0.2, 0.25) is 0 Å². The van der Waals surface area contributed by atoms with Crippen LogP contribution < -0.4 is 10.6 Å². The van der Waals surface area contributed by atoms with E-state index in [0.29, 0.717) is 31.6 Å². The Labute approximate surface area is 156 Å². The van der Waals surface area contributed by atoms with Gasteiger partial charge in [-0.1, -0.05) is 32.9 Å². The van der Waals surface area contributed by atoms with Crippen LogP contribution in [0.15, 0.2) is 24.3 Å². The molecule has 1 aromatic carbocycles. The van der Waals surface area contributed by atoms with Gasteiger partial charge >= 0.3 is 0 Å². The molecular formula is C20H31N3O3. The summed E-state index contributed by atoms with van der Waals surface area (Å²) in [6.45, 7) is 8.30. The van der Waals surface area contributed by atoms with E-state index in [-0.39, 0.29) is 23.8 Å². The highest BCUT2D eigenvalue weighted by atomic mass is 16.3. The number of nitrogens with zero attached hydrogens (tertiary/aromatic N) is 1. The number of hydrogen-bond acceptors (Lipinski definition) is 4. The second kappa shape index (κ2) is 8.18.